The van der Waals surface area contributed by atoms with Crippen molar-refractivity contribution < 1.29 is 19.1 Å². The number of nitrogens with zero attached hydrogens (tertiary/aromatic N) is 4. The summed E-state index contributed by atoms with van der Waals surface area (Å²) in [5, 5.41) is 9.62. The molecule has 0 N–H and O–H groups in total. The number of rotatable bonds is 8. The molecule has 1 amide bonds. The molecule has 194 valence electrons. The van der Waals surface area contributed by atoms with Crippen LogP contribution in [0.5, 0.6) is 11.6 Å². The monoisotopic (exact) mass is 604 g/mol. The molecule has 1 atom stereocenters. The molecule has 1 aromatic heterocycles. The van der Waals surface area contributed by atoms with Gasteiger partial charge >= 0.3 is 5.97 Å². The van der Waals surface area contributed by atoms with Crippen molar-refractivity contribution in [1.29, 1.82) is 0 Å². The normalized spacial score (nSPS) is 14.3. The van der Waals surface area contributed by atoms with Gasteiger partial charge in [-0.2, -0.15) is 4.98 Å². The molecule has 3 aromatic rings. The molecule has 0 fully saturated rings. The van der Waals surface area contributed by atoms with E-state index >= 15 is 0 Å². The molecule has 2 aromatic carbocycles. The molecule has 0 radical (unpaired) electrons. The Morgan fingerprint density at radius 2 is 1.95 bits per heavy atom. The Labute approximate surface area is 233 Å². The first-order chi connectivity index (χ1) is 17.8. The molecule has 1 aliphatic rings. The van der Waals surface area contributed by atoms with E-state index in [2.05, 4.69) is 38.0 Å². The van der Waals surface area contributed by atoms with Gasteiger partial charge in [0.2, 0.25) is 23.2 Å². The molecule has 8 nitrogen and oxygen atoms in total. The Bertz CT molecular complexity index is 1330. The van der Waals surface area contributed by atoms with Crippen molar-refractivity contribution >= 4 is 56.9 Å². The zero-order chi connectivity index (χ0) is 26.5. The minimum atomic E-state index is -1.05. The smallest absolute Gasteiger partial charge is 0.308 e. The second-order valence-electron chi connectivity index (χ2n) is 8.43. The van der Waals surface area contributed by atoms with Crippen LogP contribution in [-0.4, -0.2) is 32.8 Å². The summed E-state index contributed by atoms with van der Waals surface area (Å²) in [7, 11) is 0. The maximum Gasteiger partial charge on any atom is 0.308 e. The maximum absolute atomic E-state index is 13.1. The molecule has 0 aliphatic carbocycles. The first kappa shape index (κ1) is 27.3. The summed E-state index contributed by atoms with van der Waals surface area (Å²) in [6.45, 7) is 4.91. The molecule has 4 rings (SSSR count). The van der Waals surface area contributed by atoms with E-state index in [-0.39, 0.29) is 17.5 Å². The zero-order valence-electron chi connectivity index (χ0n) is 20.7. The highest BCUT2D eigenvalue weighted by atomic mass is 79.9. The lowest BCUT2D eigenvalue weighted by molar-refractivity contribution is -0.132. The van der Waals surface area contributed by atoms with Crippen LogP contribution in [0.2, 0.25) is 5.02 Å². The number of thioether (sulfide) groups is 1. The lowest BCUT2D eigenvalue weighted by atomic mass is 10.1. The minimum Gasteiger partial charge on any atom is -0.447 e. The predicted octanol–water partition coefficient (Wildman–Crippen LogP) is 7.00. The van der Waals surface area contributed by atoms with Crippen LogP contribution in [-0.2, 0) is 9.59 Å². The fraction of sp³-hybridized carbons (Fsp3) is 0.346. The summed E-state index contributed by atoms with van der Waals surface area (Å²) in [5.41, 5.74) is 1.99. The first-order valence-corrected chi connectivity index (χ1v) is 14.1. The molecule has 0 spiro atoms. The van der Waals surface area contributed by atoms with Gasteiger partial charge in [-0.1, -0.05) is 67.7 Å². The number of benzene rings is 2. The number of halogens is 2. The van der Waals surface area contributed by atoms with Crippen molar-refractivity contribution in [2.45, 2.75) is 57.8 Å². The Hall–Kier alpha value is -2.69. The minimum absolute atomic E-state index is 0.196. The molecule has 2 heterocycles. The predicted molar refractivity (Wildman–Crippen MR) is 147 cm³/mol. The van der Waals surface area contributed by atoms with Gasteiger partial charge in [-0.15, -0.1) is 10.2 Å². The van der Waals surface area contributed by atoms with E-state index in [1.54, 1.807) is 18.2 Å². The quantitative estimate of drug-likeness (QED) is 0.117. The van der Waals surface area contributed by atoms with Crippen LogP contribution in [0.1, 0.15) is 58.2 Å². The molecule has 0 saturated heterocycles. The Morgan fingerprint density at radius 3 is 2.68 bits per heavy atom. The van der Waals surface area contributed by atoms with Crippen LogP contribution in [0.15, 0.2) is 46.0 Å². The van der Waals surface area contributed by atoms with Crippen molar-refractivity contribution in [1.82, 2.24) is 15.2 Å². The lowest BCUT2D eigenvalue weighted by Crippen LogP contribution is -2.36. The SMILES string of the molecule is CCCCCCSc1nnc2c(n1)O[C@@H](c1cc(Cl)cc(Br)c1OC(C)=O)N(C(C)=O)c1ccccc1-2. The molecule has 37 heavy (non-hydrogen) atoms. The van der Waals surface area contributed by atoms with E-state index in [0.29, 0.717) is 37.2 Å². The van der Waals surface area contributed by atoms with E-state index in [1.165, 1.54) is 36.9 Å². The number of aromatic nitrogens is 3. The average Bonchev–Trinajstić information content (AvgIpc) is 2.99. The molecule has 0 bridgehead atoms. The summed E-state index contributed by atoms with van der Waals surface area (Å²) in [6.07, 6.45) is 3.49. The fourth-order valence-electron chi connectivity index (χ4n) is 4.02. The van der Waals surface area contributed by atoms with Crippen molar-refractivity contribution in [3.05, 3.63) is 51.5 Å². The van der Waals surface area contributed by atoms with Crippen molar-refractivity contribution in [2.24, 2.45) is 0 Å². The highest BCUT2D eigenvalue weighted by Gasteiger charge is 2.37. The Kier molecular flexibility index (Phi) is 9.04. The van der Waals surface area contributed by atoms with Gasteiger partial charge in [-0.25, -0.2) is 0 Å². The maximum atomic E-state index is 13.1. The van der Waals surface area contributed by atoms with Gasteiger partial charge in [-0.05, 0) is 40.5 Å². The number of hydrogen-bond donors (Lipinski definition) is 0. The largest absolute Gasteiger partial charge is 0.447 e. The second-order valence-corrected chi connectivity index (χ2v) is 10.8. The molecular weight excluding hydrogens is 580 g/mol. The summed E-state index contributed by atoms with van der Waals surface area (Å²) in [4.78, 5) is 31.2. The number of carbonyl (C=O) groups is 2. The molecule has 1 aliphatic heterocycles. The third-order valence-electron chi connectivity index (χ3n) is 5.63. The molecule has 0 unspecified atom stereocenters. The van der Waals surface area contributed by atoms with Gasteiger partial charge in [0.15, 0.2) is 11.4 Å². The van der Waals surface area contributed by atoms with Crippen LogP contribution >= 0.6 is 39.3 Å². The van der Waals surface area contributed by atoms with Crippen molar-refractivity contribution in [2.75, 3.05) is 10.7 Å². The van der Waals surface area contributed by atoms with Gasteiger partial charge in [0.25, 0.3) is 0 Å². The number of fused-ring (bicyclic) bond motifs is 3. The highest BCUT2D eigenvalue weighted by Crippen LogP contribution is 2.46. The van der Waals surface area contributed by atoms with Gasteiger partial charge < -0.3 is 9.47 Å². The van der Waals surface area contributed by atoms with Crippen LogP contribution in [0.25, 0.3) is 11.3 Å². The second kappa shape index (κ2) is 12.2. The Balaban J connectivity index is 1.84. The van der Waals surface area contributed by atoms with Gasteiger partial charge in [0, 0.05) is 30.2 Å². The summed E-state index contributed by atoms with van der Waals surface area (Å²) in [5.74, 6) is 0.448. The van der Waals surface area contributed by atoms with Gasteiger partial charge in [0.1, 0.15) is 0 Å². The lowest BCUT2D eigenvalue weighted by Gasteiger charge is -2.31. The Morgan fingerprint density at radius 1 is 1.16 bits per heavy atom. The van der Waals surface area contributed by atoms with Crippen molar-refractivity contribution in [3.8, 4) is 22.9 Å². The molecule has 0 saturated carbocycles. The fourth-order valence-corrected chi connectivity index (χ4v) is 5.72. The van der Waals surface area contributed by atoms with Crippen molar-refractivity contribution in [3.63, 3.8) is 0 Å². The van der Waals surface area contributed by atoms with E-state index in [1.807, 2.05) is 18.2 Å². The topological polar surface area (TPSA) is 94.5 Å². The van der Waals surface area contributed by atoms with Gasteiger partial charge in [0.05, 0.1) is 15.7 Å². The van der Waals surface area contributed by atoms with E-state index < -0.39 is 12.2 Å². The number of amides is 1. The molecular formula is C26H26BrClN4O4S. The van der Waals surface area contributed by atoms with Crippen LogP contribution in [0.3, 0.4) is 0 Å². The molecule has 11 heteroatoms. The third-order valence-corrected chi connectivity index (χ3v) is 7.36. The highest BCUT2D eigenvalue weighted by molar-refractivity contribution is 9.10. The van der Waals surface area contributed by atoms with Crippen LogP contribution < -0.4 is 14.4 Å². The van der Waals surface area contributed by atoms with E-state index in [4.69, 9.17) is 21.1 Å². The average molecular weight is 606 g/mol. The number of hydrogen-bond acceptors (Lipinski definition) is 8. The summed E-state index contributed by atoms with van der Waals surface area (Å²) >= 11 is 11.3. The number of para-hydroxylation sites is 1. The third kappa shape index (κ3) is 6.25. The number of ether oxygens (including phenoxy) is 2. The van der Waals surface area contributed by atoms with E-state index in [9.17, 15) is 9.59 Å². The zero-order valence-corrected chi connectivity index (χ0v) is 23.8. The van der Waals surface area contributed by atoms with Crippen LogP contribution in [0, 0.1) is 0 Å². The number of esters is 1. The van der Waals surface area contributed by atoms with Crippen LogP contribution in [0.4, 0.5) is 5.69 Å². The summed E-state index contributed by atoms with van der Waals surface area (Å²) < 4.78 is 12.4. The van der Waals surface area contributed by atoms with E-state index in [0.717, 1.165) is 25.0 Å². The standard InChI is InChI=1S/C26H26BrClN4O4S/c1-4-5-6-9-12-37-26-29-24-22(30-31-26)18-10-7-8-11-21(18)32(15(2)33)25(36-24)19-13-17(28)14-20(27)23(19)35-16(3)34/h7-8,10-11,13-14,25H,4-6,9,12H2,1-3H3/t25-/m0/s1. The number of anilines is 1. The number of carbonyl (C=O) groups excluding carboxylic acids is 2. The van der Waals surface area contributed by atoms with Gasteiger partial charge in [-0.3, -0.25) is 14.5 Å². The number of unbranched alkanes of at least 4 members (excludes halogenated alkanes) is 3. The first-order valence-electron chi connectivity index (χ1n) is 11.9. The summed E-state index contributed by atoms with van der Waals surface area (Å²) in [6, 6.07) is 10.5.